The van der Waals surface area contributed by atoms with Crippen molar-refractivity contribution in [3.8, 4) is 0 Å². The van der Waals surface area contributed by atoms with Crippen LogP contribution < -0.4 is 10.0 Å². The molecule has 0 aliphatic carbocycles. The van der Waals surface area contributed by atoms with Crippen molar-refractivity contribution in [2.24, 2.45) is 0 Å². The van der Waals surface area contributed by atoms with E-state index in [1.54, 1.807) is 18.3 Å². The maximum absolute atomic E-state index is 12.2. The van der Waals surface area contributed by atoms with Crippen LogP contribution in [0.25, 0.3) is 0 Å². The first-order chi connectivity index (χ1) is 12.6. The van der Waals surface area contributed by atoms with Gasteiger partial charge in [0.25, 0.3) is 0 Å². The van der Waals surface area contributed by atoms with E-state index in [0.29, 0.717) is 12.2 Å². The molecule has 2 aromatic carbocycles. The van der Waals surface area contributed by atoms with Crippen molar-refractivity contribution in [3.63, 3.8) is 0 Å². The SMILES string of the molecule is O=S(=O)(CCCc1ccccc1)Nc1ccc(Nc2ccccc2)cn1. The number of nitrogens with zero attached hydrogens (tertiary/aromatic N) is 1. The van der Waals surface area contributed by atoms with E-state index in [1.165, 1.54) is 0 Å². The van der Waals surface area contributed by atoms with Gasteiger partial charge in [-0.2, -0.15) is 0 Å². The zero-order valence-corrected chi connectivity index (χ0v) is 15.1. The van der Waals surface area contributed by atoms with Crippen molar-refractivity contribution in [3.05, 3.63) is 84.6 Å². The standard InChI is InChI=1S/C20H21N3O2S/c24-26(25,15-7-10-17-8-3-1-4-9-17)23-20-14-13-19(16-21-20)22-18-11-5-2-6-12-18/h1-6,8-9,11-14,16,22H,7,10,15H2,(H,21,23). The normalized spacial score (nSPS) is 11.1. The van der Waals surface area contributed by atoms with Gasteiger partial charge in [0.05, 0.1) is 17.6 Å². The molecule has 1 aromatic heterocycles. The van der Waals surface area contributed by atoms with Crippen LogP contribution in [0.3, 0.4) is 0 Å². The second-order valence-corrected chi connectivity index (χ2v) is 7.78. The third kappa shape index (κ3) is 5.60. The molecular weight excluding hydrogens is 346 g/mol. The van der Waals surface area contributed by atoms with Crippen LogP contribution >= 0.6 is 0 Å². The molecule has 0 radical (unpaired) electrons. The van der Waals surface area contributed by atoms with E-state index in [9.17, 15) is 8.42 Å². The molecule has 6 heteroatoms. The Hall–Kier alpha value is -2.86. The maximum atomic E-state index is 12.2. The summed E-state index contributed by atoms with van der Waals surface area (Å²) in [6, 6.07) is 23.0. The first-order valence-corrected chi connectivity index (χ1v) is 10.1. The number of rotatable bonds is 8. The molecule has 0 spiro atoms. The fourth-order valence-corrected chi connectivity index (χ4v) is 3.60. The van der Waals surface area contributed by atoms with Crippen LogP contribution in [-0.4, -0.2) is 19.2 Å². The summed E-state index contributed by atoms with van der Waals surface area (Å²) in [6.07, 6.45) is 2.90. The van der Waals surface area contributed by atoms with Crippen molar-refractivity contribution >= 4 is 27.2 Å². The fraction of sp³-hybridized carbons (Fsp3) is 0.150. The highest BCUT2D eigenvalue weighted by Crippen LogP contribution is 2.17. The Morgan fingerprint density at radius 1 is 0.808 bits per heavy atom. The van der Waals surface area contributed by atoms with Gasteiger partial charge in [-0.05, 0) is 42.7 Å². The Bertz CT molecular complexity index is 912. The molecule has 2 N–H and O–H groups in total. The Balaban J connectivity index is 1.52. The molecule has 1 heterocycles. The number of hydrogen-bond acceptors (Lipinski definition) is 4. The van der Waals surface area contributed by atoms with Gasteiger partial charge in [-0.25, -0.2) is 13.4 Å². The second-order valence-electron chi connectivity index (χ2n) is 5.93. The number of pyridine rings is 1. The van der Waals surface area contributed by atoms with Crippen molar-refractivity contribution < 1.29 is 8.42 Å². The summed E-state index contributed by atoms with van der Waals surface area (Å²) in [6.45, 7) is 0. The summed E-state index contributed by atoms with van der Waals surface area (Å²) in [5.41, 5.74) is 2.88. The minimum Gasteiger partial charge on any atom is -0.354 e. The van der Waals surface area contributed by atoms with E-state index in [4.69, 9.17) is 0 Å². The van der Waals surface area contributed by atoms with Crippen LogP contribution in [-0.2, 0) is 16.4 Å². The van der Waals surface area contributed by atoms with Gasteiger partial charge < -0.3 is 5.32 Å². The third-order valence-electron chi connectivity index (χ3n) is 3.81. The number of hydrogen-bond donors (Lipinski definition) is 2. The summed E-state index contributed by atoms with van der Waals surface area (Å²) in [7, 11) is -3.41. The van der Waals surface area contributed by atoms with Gasteiger partial charge in [-0.3, -0.25) is 4.72 Å². The van der Waals surface area contributed by atoms with Gasteiger partial charge in [0.2, 0.25) is 10.0 Å². The zero-order valence-electron chi connectivity index (χ0n) is 14.3. The lowest BCUT2D eigenvalue weighted by Crippen LogP contribution is -2.17. The third-order valence-corrected chi connectivity index (χ3v) is 5.15. The van der Waals surface area contributed by atoms with Gasteiger partial charge in [-0.1, -0.05) is 48.5 Å². The number of nitrogens with one attached hydrogen (secondary N) is 2. The number of sulfonamides is 1. The monoisotopic (exact) mass is 367 g/mol. The molecule has 0 atom stereocenters. The number of aromatic nitrogens is 1. The molecule has 0 aliphatic rings. The molecule has 5 nitrogen and oxygen atoms in total. The molecule has 26 heavy (non-hydrogen) atoms. The summed E-state index contributed by atoms with van der Waals surface area (Å²) < 4.78 is 26.9. The minimum atomic E-state index is -3.41. The summed E-state index contributed by atoms with van der Waals surface area (Å²) in [5.74, 6) is 0.386. The van der Waals surface area contributed by atoms with Crippen molar-refractivity contribution in [1.82, 2.24) is 4.98 Å². The van der Waals surface area contributed by atoms with Crippen LogP contribution in [0.2, 0.25) is 0 Å². The molecule has 0 unspecified atom stereocenters. The van der Waals surface area contributed by atoms with E-state index in [0.717, 1.165) is 23.4 Å². The fourth-order valence-electron chi connectivity index (χ4n) is 2.54. The Morgan fingerprint density at radius 3 is 2.15 bits per heavy atom. The van der Waals surface area contributed by atoms with E-state index < -0.39 is 10.0 Å². The van der Waals surface area contributed by atoms with Gasteiger partial charge >= 0.3 is 0 Å². The quantitative estimate of drug-likeness (QED) is 0.626. The van der Waals surface area contributed by atoms with Crippen LogP contribution in [0.5, 0.6) is 0 Å². The van der Waals surface area contributed by atoms with Gasteiger partial charge in [0, 0.05) is 5.69 Å². The summed E-state index contributed by atoms with van der Waals surface area (Å²) in [4.78, 5) is 4.17. The van der Waals surface area contributed by atoms with Gasteiger partial charge in [0.1, 0.15) is 5.82 Å². The summed E-state index contributed by atoms with van der Waals surface area (Å²) in [5, 5.41) is 3.21. The second kappa shape index (κ2) is 8.49. The largest absolute Gasteiger partial charge is 0.354 e. The van der Waals surface area contributed by atoms with Gasteiger partial charge in [0.15, 0.2) is 0 Å². The predicted octanol–water partition coefficient (Wildman–Crippen LogP) is 4.20. The smallest absolute Gasteiger partial charge is 0.233 e. The Kier molecular flexibility index (Phi) is 5.86. The lowest BCUT2D eigenvalue weighted by atomic mass is 10.1. The van der Waals surface area contributed by atoms with E-state index in [-0.39, 0.29) is 5.75 Å². The molecular formula is C20H21N3O2S. The van der Waals surface area contributed by atoms with Crippen LogP contribution in [0.4, 0.5) is 17.2 Å². The van der Waals surface area contributed by atoms with Gasteiger partial charge in [-0.15, -0.1) is 0 Å². The molecule has 134 valence electrons. The predicted molar refractivity (Wildman–Crippen MR) is 106 cm³/mol. The molecule has 0 amide bonds. The van der Waals surface area contributed by atoms with Crippen LogP contribution in [0, 0.1) is 0 Å². The Labute approximate surface area is 154 Å². The van der Waals surface area contributed by atoms with Crippen molar-refractivity contribution in [2.45, 2.75) is 12.8 Å². The van der Waals surface area contributed by atoms with Crippen LogP contribution in [0.1, 0.15) is 12.0 Å². The maximum Gasteiger partial charge on any atom is 0.233 e. The molecule has 0 saturated carbocycles. The number of anilines is 3. The molecule has 3 aromatic rings. The van der Waals surface area contributed by atoms with Crippen molar-refractivity contribution in [1.29, 1.82) is 0 Å². The summed E-state index contributed by atoms with van der Waals surface area (Å²) >= 11 is 0. The van der Waals surface area contributed by atoms with E-state index >= 15 is 0 Å². The highest BCUT2D eigenvalue weighted by Gasteiger charge is 2.11. The minimum absolute atomic E-state index is 0.0631. The number of para-hydroxylation sites is 1. The lowest BCUT2D eigenvalue weighted by Gasteiger charge is -2.09. The van der Waals surface area contributed by atoms with E-state index in [1.807, 2.05) is 60.7 Å². The lowest BCUT2D eigenvalue weighted by molar-refractivity contribution is 0.598. The first kappa shape index (κ1) is 17.9. The highest BCUT2D eigenvalue weighted by molar-refractivity contribution is 7.92. The zero-order chi connectivity index (χ0) is 18.2. The average molecular weight is 367 g/mol. The first-order valence-electron chi connectivity index (χ1n) is 8.43. The number of aryl methyl sites for hydroxylation is 1. The topological polar surface area (TPSA) is 71.1 Å². The number of benzene rings is 2. The Morgan fingerprint density at radius 2 is 1.50 bits per heavy atom. The van der Waals surface area contributed by atoms with Crippen LogP contribution in [0.15, 0.2) is 79.0 Å². The molecule has 0 bridgehead atoms. The average Bonchev–Trinajstić information content (AvgIpc) is 2.65. The highest BCUT2D eigenvalue weighted by atomic mass is 32.2. The molecule has 0 aliphatic heterocycles. The molecule has 3 rings (SSSR count). The molecule has 0 fully saturated rings. The molecule has 0 saturated heterocycles. The van der Waals surface area contributed by atoms with E-state index in [2.05, 4.69) is 15.0 Å². The van der Waals surface area contributed by atoms with Crippen molar-refractivity contribution in [2.75, 3.05) is 15.8 Å².